The molecule has 0 aromatic rings. The molecule has 1 unspecified atom stereocenters. The second-order valence-corrected chi connectivity index (χ2v) is 3.65. The first-order valence-electron chi connectivity index (χ1n) is 4.09. The lowest BCUT2D eigenvalue weighted by atomic mass is 10.2. The van der Waals surface area contributed by atoms with Gasteiger partial charge in [0.1, 0.15) is 0 Å². The van der Waals surface area contributed by atoms with Gasteiger partial charge in [-0.1, -0.05) is 0 Å². The van der Waals surface area contributed by atoms with Gasteiger partial charge in [0, 0.05) is 25.4 Å². The molecule has 1 rings (SSSR count). The van der Waals surface area contributed by atoms with Crippen molar-refractivity contribution in [3.63, 3.8) is 0 Å². The number of rotatable bonds is 0. The highest BCUT2D eigenvalue weighted by atomic mass is 35.5. The molecule has 0 aliphatic carbocycles. The molecule has 0 radical (unpaired) electrons. The number of hydrogen-bond acceptors (Lipinski definition) is 1. The molecule has 0 spiro atoms. The molecule has 0 saturated carbocycles. The zero-order valence-electron chi connectivity index (χ0n) is 6.85. The number of alkyl halides is 1. The van der Waals surface area contributed by atoms with Gasteiger partial charge in [0.2, 0.25) is 5.91 Å². The molecule has 1 saturated heterocycles. The molecule has 3 heteroatoms. The minimum absolute atomic E-state index is 0.177. The molecule has 0 aromatic carbocycles. The lowest BCUT2D eigenvalue weighted by Crippen LogP contribution is -2.29. The number of halogens is 1. The van der Waals surface area contributed by atoms with Crippen molar-refractivity contribution in [1.29, 1.82) is 0 Å². The summed E-state index contributed by atoms with van der Waals surface area (Å²) in [7, 11) is 0. The zero-order chi connectivity index (χ0) is 8.27. The van der Waals surface area contributed by atoms with E-state index in [4.69, 9.17) is 11.6 Å². The fourth-order valence-electron chi connectivity index (χ4n) is 1.37. The van der Waals surface area contributed by atoms with Crippen LogP contribution in [0.2, 0.25) is 0 Å². The van der Waals surface area contributed by atoms with Gasteiger partial charge >= 0.3 is 0 Å². The highest BCUT2D eigenvalue weighted by Crippen LogP contribution is 2.15. The summed E-state index contributed by atoms with van der Waals surface area (Å²) in [5, 5.41) is 0.277. The van der Waals surface area contributed by atoms with Crippen molar-refractivity contribution < 1.29 is 4.79 Å². The fourth-order valence-corrected chi connectivity index (χ4v) is 1.62. The third-order valence-electron chi connectivity index (χ3n) is 2.10. The molecule has 1 atom stereocenters. The van der Waals surface area contributed by atoms with Crippen LogP contribution in [0.1, 0.15) is 26.2 Å². The summed E-state index contributed by atoms with van der Waals surface area (Å²) in [6, 6.07) is 0. The van der Waals surface area contributed by atoms with Gasteiger partial charge in [0.15, 0.2) is 0 Å². The first-order chi connectivity index (χ1) is 5.20. The van der Waals surface area contributed by atoms with Crippen molar-refractivity contribution in [2.75, 3.05) is 13.1 Å². The van der Waals surface area contributed by atoms with Crippen LogP contribution in [0.25, 0.3) is 0 Å². The monoisotopic (exact) mass is 175 g/mol. The molecule has 0 bridgehead atoms. The van der Waals surface area contributed by atoms with E-state index in [9.17, 15) is 4.79 Å². The number of likely N-dealkylation sites (tertiary alicyclic amines) is 1. The minimum Gasteiger partial charge on any atom is -0.343 e. The van der Waals surface area contributed by atoms with Gasteiger partial charge in [0.05, 0.1) is 0 Å². The van der Waals surface area contributed by atoms with E-state index in [0.717, 1.165) is 32.4 Å². The predicted octanol–water partition coefficient (Wildman–Crippen LogP) is 1.63. The topological polar surface area (TPSA) is 20.3 Å². The third-order valence-corrected chi connectivity index (χ3v) is 2.54. The summed E-state index contributed by atoms with van der Waals surface area (Å²) < 4.78 is 0. The van der Waals surface area contributed by atoms with Crippen LogP contribution in [0.3, 0.4) is 0 Å². The van der Waals surface area contributed by atoms with E-state index in [-0.39, 0.29) is 11.3 Å². The van der Waals surface area contributed by atoms with Crippen LogP contribution < -0.4 is 0 Å². The quantitative estimate of drug-likeness (QED) is 0.513. The summed E-state index contributed by atoms with van der Waals surface area (Å²) in [5.74, 6) is 0.177. The second-order valence-electron chi connectivity index (χ2n) is 3.03. The van der Waals surface area contributed by atoms with E-state index in [0.29, 0.717) is 0 Å². The fraction of sp³-hybridized carbons (Fsp3) is 0.875. The van der Waals surface area contributed by atoms with E-state index in [2.05, 4.69) is 0 Å². The van der Waals surface area contributed by atoms with Gasteiger partial charge in [-0.2, -0.15) is 0 Å². The molecule has 2 nitrogen and oxygen atoms in total. The molecule has 1 fully saturated rings. The van der Waals surface area contributed by atoms with Crippen molar-refractivity contribution in [2.24, 2.45) is 0 Å². The molecule has 0 N–H and O–H groups in total. The van der Waals surface area contributed by atoms with Gasteiger partial charge in [-0.05, 0) is 19.3 Å². The van der Waals surface area contributed by atoms with Crippen LogP contribution in [0, 0.1) is 0 Å². The smallest absolute Gasteiger partial charge is 0.219 e. The number of nitrogens with zero attached hydrogens (tertiary/aromatic N) is 1. The summed E-state index contributed by atoms with van der Waals surface area (Å²) in [6.45, 7) is 3.34. The number of hydrogen-bond donors (Lipinski definition) is 0. The minimum atomic E-state index is 0.177. The molecule has 64 valence electrons. The van der Waals surface area contributed by atoms with Gasteiger partial charge in [0.25, 0.3) is 0 Å². The second kappa shape index (κ2) is 3.96. The summed E-state index contributed by atoms with van der Waals surface area (Å²) in [6.07, 6.45) is 3.04. The normalized spacial score (nSPS) is 26.4. The van der Waals surface area contributed by atoms with E-state index in [1.54, 1.807) is 6.92 Å². The Hall–Kier alpha value is -0.240. The molecule has 1 aliphatic rings. The van der Waals surface area contributed by atoms with Crippen molar-refractivity contribution in [1.82, 2.24) is 4.90 Å². The number of carbonyl (C=O) groups is 1. The molecule has 1 aliphatic heterocycles. The van der Waals surface area contributed by atoms with Crippen LogP contribution in [-0.2, 0) is 4.79 Å². The van der Waals surface area contributed by atoms with Crippen molar-refractivity contribution in [2.45, 2.75) is 31.6 Å². The zero-order valence-corrected chi connectivity index (χ0v) is 7.60. The predicted molar refractivity (Wildman–Crippen MR) is 45.7 cm³/mol. The summed E-state index contributed by atoms with van der Waals surface area (Å²) in [4.78, 5) is 12.8. The van der Waals surface area contributed by atoms with Crippen LogP contribution in [0.15, 0.2) is 0 Å². The number of carbonyl (C=O) groups excluding carboxylic acids is 1. The molecule has 0 aromatic heterocycles. The Morgan fingerprint density at radius 1 is 1.45 bits per heavy atom. The van der Waals surface area contributed by atoms with E-state index < -0.39 is 0 Å². The SMILES string of the molecule is CC(=O)N1CCCC(Cl)CC1. The maximum atomic E-state index is 10.9. The van der Waals surface area contributed by atoms with E-state index in [1.807, 2.05) is 4.90 Å². The Labute approximate surface area is 72.5 Å². The average Bonchev–Trinajstić information content (AvgIpc) is 2.13. The molecule has 11 heavy (non-hydrogen) atoms. The highest BCUT2D eigenvalue weighted by Gasteiger charge is 2.15. The average molecular weight is 176 g/mol. The van der Waals surface area contributed by atoms with E-state index in [1.165, 1.54) is 0 Å². The maximum Gasteiger partial charge on any atom is 0.219 e. The highest BCUT2D eigenvalue weighted by molar-refractivity contribution is 6.20. The van der Waals surface area contributed by atoms with Crippen molar-refractivity contribution in [3.05, 3.63) is 0 Å². The molecule has 1 heterocycles. The molecular weight excluding hydrogens is 162 g/mol. The number of amides is 1. The largest absolute Gasteiger partial charge is 0.343 e. The Morgan fingerprint density at radius 2 is 2.18 bits per heavy atom. The first-order valence-corrected chi connectivity index (χ1v) is 4.53. The van der Waals surface area contributed by atoms with Crippen molar-refractivity contribution >= 4 is 17.5 Å². The van der Waals surface area contributed by atoms with Crippen LogP contribution in [-0.4, -0.2) is 29.3 Å². The first kappa shape index (κ1) is 8.85. The Bertz CT molecular complexity index is 149. The van der Waals surface area contributed by atoms with Gasteiger partial charge in [-0.25, -0.2) is 0 Å². The van der Waals surface area contributed by atoms with Crippen LogP contribution in [0.5, 0.6) is 0 Å². The van der Waals surface area contributed by atoms with Gasteiger partial charge < -0.3 is 4.90 Å². The van der Waals surface area contributed by atoms with Gasteiger partial charge in [-0.15, -0.1) is 11.6 Å². The lowest BCUT2D eigenvalue weighted by Gasteiger charge is -2.17. The Kier molecular flexibility index (Phi) is 3.18. The van der Waals surface area contributed by atoms with E-state index >= 15 is 0 Å². The molecule has 1 amide bonds. The standard InChI is InChI=1S/C8H14ClNO/c1-7(11)10-5-2-3-8(9)4-6-10/h8H,2-6H2,1H3. The summed E-state index contributed by atoms with van der Waals surface area (Å²) >= 11 is 5.95. The van der Waals surface area contributed by atoms with Crippen LogP contribution >= 0.6 is 11.6 Å². The van der Waals surface area contributed by atoms with Crippen LogP contribution in [0.4, 0.5) is 0 Å². The lowest BCUT2D eigenvalue weighted by molar-refractivity contribution is -0.128. The van der Waals surface area contributed by atoms with Gasteiger partial charge in [-0.3, -0.25) is 4.79 Å². The third kappa shape index (κ3) is 2.70. The molecular formula is C8H14ClNO. The summed E-state index contributed by atoms with van der Waals surface area (Å²) in [5.41, 5.74) is 0. The maximum absolute atomic E-state index is 10.9. The Morgan fingerprint density at radius 3 is 2.82 bits per heavy atom. The van der Waals surface area contributed by atoms with Crippen molar-refractivity contribution in [3.8, 4) is 0 Å². The Balaban J connectivity index is 2.40.